The summed E-state index contributed by atoms with van der Waals surface area (Å²) in [6.07, 6.45) is 0. The van der Waals surface area contributed by atoms with E-state index in [1.165, 1.54) is 0 Å². The van der Waals surface area contributed by atoms with E-state index >= 15 is 0 Å². The number of benzene rings is 1. The van der Waals surface area contributed by atoms with Crippen molar-refractivity contribution in [3.63, 3.8) is 0 Å². The third-order valence-electron chi connectivity index (χ3n) is 3.29. The summed E-state index contributed by atoms with van der Waals surface area (Å²) in [7, 11) is 1.63. The molecule has 20 heavy (non-hydrogen) atoms. The summed E-state index contributed by atoms with van der Waals surface area (Å²) in [6.45, 7) is 5.96. The molecule has 2 aromatic rings. The van der Waals surface area contributed by atoms with E-state index in [1.54, 1.807) is 7.11 Å². The number of aryl methyl sites for hydroxylation is 1. The fourth-order valence-electron chi connectivity index (χ4n) is 2.28. The smallest absolute Gasteiger partial charge is 0.357 e. The molecule has 0 saturated carbocycles. The second kappa shape index (κ2) is 5.36. The summed E-state index contributed by atoms with van der Waals surface area (Å²) in [4.78, 5) is 11.2. The van der Waals surface area contributed by atoms with Crippen LogP contribution in [-0.4, -0.2) is 28.4 Å². The molecule has 2 rings (SSSR count). The van der Waals surface area contributed by atoms with E-state index in [1.807, 2.05) is 25.1 Å². The van der Waals surface area contributed by atoms with Crippen molar-refractivity contribution >= 4 is 5.97 Å². The maximum atomic E-state index is 11.2. The van der Waals surface area contributed by atoms with Gasteiger partial charge >= 0.3 is 5.97 Å². The van der Waals surface area contributed by atoms with Crippen LogP contribution in [0.1, 0.15) is 41.5 Å². The van der Waals surface area contributed by atoms with Gasteiger partial charge in [0.1, 0.15) is 5.75 Å². The summed E-state index contributed by atoms with van der Waals surface area (Å²) in [5.41, 5.74) is 3.28. The molecule has 5 heteroatoms. The van der Waals surface area contributed by atoms with Gasteiger partial charge in [0.05, 0.1) is 7.11 Å². The van der Waals surface area contributed by atoms with Crippen LogP contribution in [0.25, 0.3) is 11.1 Å². The van der Waals surface area contributed by atoms with Gasteiger partial charge in [-0.1, -0.05) is 19.9 Å². The van der Waals surface area contributed by atoms with Crippen molar-refractivity contribution in [2.75, 3.05) is 7.11 Å². The van der Waals surface area contributed by atoms with Gasteiger partial charge in [-0.2, -0.15) is 5.10 Å². The normalized spacial score (nSPS) is 10.8. The molecular formula is C15H18N2O3. The minimum atomic E-state index is -1.04. The molecule has 5 nitrogen and oxygen atoms in total. The van der Waals surface area contributed by atoms with Crippen LogP contribution in [0.15, 0.2) is 18.2 Å². The lowest BCUT2D eigenvalue weighted by Crippen LogP contribution is -2.00. The number of hydrogen-bond donors (Lipinski definition) is 2. The molecule has 0 unspecified atom stereocenters. The van der Waals surface area contributed by atoms with Gasteiger partial charge in [0, 0.05) is 11.3 Å². The Kier molecular flexibility index (Phi) is 3.79. The van der Waals surface area contributed by atoms with Crippen LogP contribution in [-0.2, 0) is 0 Å². The number of nitrogens with one attached hydrogen (secondary N) is 1. The molecule has 0 bridgehead atoms. The van der Waals surface area contributed by atoms with E-state index in [9.17, 15) is 9.90 Å². The molecule has 0 amide bonds. The van der Waals surface area contributed by atoms with Crippen molar-refractivity contribution in [1.82, 2.24) is 10.2 Å². The largest absolute Gasteiger partial charge is 0.496 e. The van der Waals surface area contributed by atoms with Crippen molar-refractivity contribution < 1.29 is 14.6 Å². The number of aromatic amines is 1. The number of nitrogens with zero attached hydrogens (tertiary/aromatic N) is 1. The molecule has 2 N–H and O–H groups in total. The summed E-state index contributed by atoms with van der Waals surface area (Å²) in [6, 6.07) is 5.69. The Hall–Kier alpha value is -2.30. The highest BCUT2D eigenvalue weighted by atomic mass is 16.5. The standard InChI is InChI=1S/C15H18N2O3/c1-8(2)11-7-10(5-6-12(11)20-4)13-9(3)16-17-14(13)15(18)19/h5-8H,1-4H3,(H,16,17)(H,18,19). The lowest BCUT2D eigenvalue weighted by Gasteiger charge is -2.13. The molecule has 0 saturated heterocycles. The first kappa shape index (κ1) is 14.1. The molecular weight excluding hydrogens is 256 g/mol. The fourth-order valence-corrected chi connectivity index (χ4v) is 2.28. The van der Waals surface area contributed by atoms with E-state index in [0.717, 1.165) is 22.6 Å². The first-order valence-corrected chi connectivity index (χ1v) is 6.42. The van der Waals surface area contributed by atoms with Gasteiger partial charge < -0.3 is 9.84 Å². The maximum Gasteiger partial charge on any atom is 0.357 e. The molecule has 0 atom stereocenters. The molecule has 0 aliphatic carbocycles. The van der Waals surface area contributed by atoms with E-state index in [0.29, 0.717) is 5.56 Å². The molecule has 1 aromatic heterocycles. The van der Waals surface area contributed by atoms with Gasteiger partial charge in [-0.05, 0) is 36.1 Å². The van der Waals surface area contributed by atoms with Crippen LogP contribution in [0.4, 0.5) is 0 Å². The van der Waals surface area contributed by atoms with Crippen LogP contribution in [0.2, 0.25) is 0 Å². The van der Waals surface area contributed by atoms with Gasteiger partial charge in [0.25, 0.3) is 0 Å². The number of carbonyl (C=O) groups is 1. The lowest BCUT2D eigenvalue weighted by atomic mass is 9.95. The molecule has 1 heterocycles. The number of rotatable bonds is 4. The Morgan fingerprint density at radius 1 is 1.40 bits per heavy atom. The zero-order valence-electron chi connectivity index (χ0n) is 12.0. The van der Waals surface area contributed by atoms with Gasteiger partial charge in [-0.25, -0.2) is 4.79 Å². The van der Waals surface area contributed by atoms with Crippen molar-refractivity contribution in [1.29, 1.82) is 0 Å². The topological polar surface area (TPSA) is 75.2 Å². The summed E-state index contributed by atoms with van der Waals surface area (Å²) in [5.74, 6) is 0.0541. The van der Waals surface area contributed by atoms with Gasteiger partial charge in [0.2, 0.25) is 0 Å². The van der Waals surface area contributed by atoms with Crippen LogP contribution in [0, 0.1) is 6.92 Å². The van der Waals surface area contributed by atoms with Crippen LogP contribution >= 0.6 is 0 Å². The van der Waals surface area contributed by atoms with E-state index in [2.05, 4.69) is 24.0 Å². The molecule has 0 fully saturated rings. The Morgan fingerprint density at radius 3 is 2.65 bits per heavy atom. The van der Waals surface area contributed by atoms with Gasteiger partial charge in [-0.15, -0.1) is 0 Å². The third-order valence-corrected chi connectivity index (χ3v) is 3.29. The minimum absolute atomic E-state index is 0.0439. The number of aromatic carboxylic acids is 1. The van der Waals surface area contributed by atoms with Crippen LogP contribution in [0.3, 0.4) is 0 Å². The highest BCUT2D eigenvalue weighted by Crippen LogP contribution is 2.33. The van der Waals surface area contributed by atoms with Crippen molar-refractivity contribution in [3.8, 4) is 16.9 Å². The Labute approximate surface area is 117 Å². The zero-order chi connectivity index (χ0) is 14.9. The number of aromatic nitrogens is 2. The van der Waals surface area contributed by atoms with Crippen molar-refractivity contribution in [3.05, 3.63) is 35.2 Å². The molecule has 1 aromatic carbocycles. The average molecular weight is 274 g/mol. The number of hydrogen-bond acceptors (Lipinski definition) is 3. The molecule has 106 valence electrons. The fraction of sp³-hybridized carbons (Fsp3) is 0.333. The highest BCUT2D eigenvalue weighted by molar-refractivity contribution is 5.94. The Morgan fingerprint density at radius 2 is 2.10 bits per heavy atom. The quantitative estimate of drug-likeness (QED) is 0.897. The maximum absolute atomic E-state index is 11.2. The first-order valence-electron chi connectivity index (χ1n) is 6.42. The number of methoxy groups -OCH3 is 1. The predicted molar refractivity (Wildman–Crippen MR) is 76.4 cm³/mol. The second-order valence-corrected chi connectivity index (χ2v) is 4.99. The van der Waals surface area contributed by atoms with Crippen LogP contribution in [0.5, 0.6) is 5.75 Å². The van der Waals surface area contributed by atoms with Gasteiger partial charge in [-0.3, -0.25) is 5.10 Å². The number of ether oxygens (including phenoxy) is 1. The summed E-state index contributed by atoms with van der Waals surface area (Å²) < 4.78 is 5.35. The average Bonchev–Trinajstić information content (AvgIpc) is 2.80. The van der Waals surface area contributed by atoms with E-state index in [-0.39, 0.29) is 11.6 Å². The van der Waals surface area contributed by atoms with Crippen molar-refractivity contribution in [2.24, 2.45) is 0 Å². The van der Waals surface area contributed by atoms with Crippen molar-refractivity contribution in [2.45, 2.75) is 26.7 Å². The lowest BCUT2D eigenvalue weighted by molar-refractivity contribution is 0.0691. The third kappa shape index (κ3) is 2.39. The molecule has 0 aliphatic heterocycles. The highest BCUT2D eigenvalue weighted by Gasteiger charge is 2.19. The Bertz CT molecular complexity index is 645. The van der Waals surface area contributed by atoms with E-state index in [4.69, 9.17) is 4.74 Å². The monoisotopic (exact) mass is 274 g/mol. The van der Waals surface area contributed by atoms with E-state index < -0.39 is 5.97 Å². The second-order valence-electron chi connectivity index (χ2n) is 4.99. The zero-order valence-corrected chi connectivity index (χ0v) is 12.0. The van der Waals surface area contributed by atoms with Gasteiger partial charge in [0.15, 0.2) is 5.69 Å². The number of carboxylic acid groups (broad SMARTS) is 1. The predicted octanol–water partition coefficient (Wildman–Crippen LogP) is 3.22. The Balaban J connectivity index is 2.62. The summed E-state index contributed by atoms with van der Waals surface area (Å²) >= 11 is 0. The number of H-pyrrole nitrogens is 1. The number of carboxylic acids is 1. The molecule has 0 radical (unpaired) electrons. The molecule has 0 spiro atoms. The minimum Gasteiger partial charge on any atom is -0.496 e. The first-order chi connectivity index (χ1) is 9.45. The summed E-state index contributed by atoms with van der Waals surface area (Å²) in [5, 5.41) is 15.8. The SMILES string of the molecule is COc1ccc(-c2c(C(=O)O)n[nH]c2C)cc1C(C)C. The van der Waals surface area contributed by atoms with Crippen LogP contribution < -0.4 is 4.74 Å². The molecule has 0 aliphatic rings.